The van der Waals surface area contributed by atoms with Crippen molar-refractivity contribution < 1.29 is 19.8 Å². The Kier molecular flexibility index (Phi) is 12.1. The van der Waals surface area contributed by atoms with E-state index in [9.17, 15) is 9.59 Å². The molecule has 8 nitrogen and oxygen atoms in total. The molecule has 0 saturated carbocycles. The Morgan fingerprint density at radius 3 is 1.21 bits per heavy atom. The highest BCUT2D eigenvalue weighted by Gasteiger charge is 2.15. The van der Waals surface area contributed by atoms with E-state index in [4.69, 9.17) is 22.0 Å². The summed E-state index contributed by atoms with van der Waals surface area (Å²) in [5.41, 5.74) is 8.98. The molecule has 6 aromatic carbocycles. The number of nitriles is 1. The van der Waals surface area contributed by atoms with Gasteiger partial charge in [0.25, 0.3) is 5.70 Å². The Labute approximate surface area is 325 Å². The fourth-order valence-corrected chi connectivity index (χ4v) is 5.94. The van der Waals surface area contributed by atoms with Crippen LogP contribution in [0.3, 0.4) is 0 Å². The first-order valence-corrected chi connectivity index (χ1v) is 17.5. The van der Waals surface area contributed by atoms with E-state index in [1.165, 1.54) is 12.2 Å². The normalized spacial score (nSPS) is 11.5. The van der Waals surface area contributed by atoms with E-state index in [0.29, 0.717) is 0 Å². The first kappa shape index (κ1) is 37.6. The molecule has 0 fully saturated rings. The van der Waals surface area contributed by atoms with Crippen molar-refractivity contribution in [3.8, 4) is 17.2 Å². The maximum absolute atomic E-state index is 11.1. The van der Waals surface area contributed by atoms with Crippen LogP contribution in [0.15, 0.2) is 193 Å². The fraction of sp³-hybridized carbons (Fsp3) is 0. The maximum Gasteiger partial charge on any atom is 0.346 e. The van der Waals surface area contributed by atoms with Crippen molar-refractivity contribution in [2.24, 2.45) is 0 Å². The molecule has 0 amide bonds. The predicted molar refractivity (Wildman–Crippen MR) is 223 cm³/mol. The molecule has 0 radical (unpaired) electrons. The molecule has 0 bridgehead atoms. The van der Waals surface area contributed by atoms with E-state index in [2.05, 4.69) is 87.4 Å². The lowest BCUT2D eigenvalue weighted by Gasteiger charge is -2.26. The molecule has 0 heterocycles. The van der Waals surface area contributed by atoms with Crippen LogP contribution in [-0.2, 0) is 9.59 Å². The predicted octanol–water partition coefficient (Wildman–Crippen LogP) is 11.7. The molecule has 270 valence electrons. The highest BCUT2D eigenvalue weighted by Crippen LogP contribution is 2.38. The number of aliphatic carboxylic acids is 2. The highest BCUT2D eigenvalue weighted by molar-refractivity contribution is 5.91. The van der Waals surface area contributed by atoms with Crippen LogP contribution >= 0.6 is 0 Å². The third-order valence-electron chi connectivity index (χ3n) is 8.70. The van der Waals surface area contributed by atoms with Gasteiger partial charge in [-0.25, -0.2) is 9.64 Å². The van der Waals surface area contributed by atoms with E-state index in [1.54, 1.807) is 30.4 Å². The zero-order valence-corrected chi connectivity index (χ0v) is 30.0. The second-order valence-electron chi connectivity index (χ2n) is 12.3. The molecule has 56 heavy (non-hydrogen) atoms. The third-order valence-corrected chi connectivity index (χ3v) is 8.70. The van der Waals surface area contributed by atoms with Gasteiger partial charge in [0.1, 0.15) is 11.6 Å². The molecule has 0 aromatic heterocycles. The first-order chi connectivity index (χ1) is 27.3. The topological polar surface area (TPSA) is 109 Å². The third kappa shape index (κ3) is 9.23. The van der Waals surface area contributed by atoms with Crippen molar-refractivity contribution in [1.82, 2.24) is 0 Å². The van der Waals surface area contributed by atoms with Crippen LogP contribution in [-0.4, -0.2) is 22.2 Å². The summed E-state index contributed by atoms with van der Waals surface area (Å²) < 4.78 is 0. The Balaban J connectivity index is 1.24. The number of anilines is 6. The molecular formula is C48H34N4O4. The van der Waals surface area contributed by atoms with Gasteiger partial charge in [-0.2, -0.15) is 5.26 Å². The highest BCUT2D eigenvalue weighted by atomic mass is 16.4. The van der Waals surface area contributed by atoms with Crippen LogP contribution < -0.4 is 9.80 Å². The maximum atomic E-state index is 11.1. The van der Waals surface area contributed by atoms with Gasteiger partial charge in [0.2, 0.25) is 0 Å². The standard InChI is InChI=1S/C48H34N4O4/c1-50-46(48(55)56)17-9-11-36-20-28-43(29-21-36)52(41-15-6-3-7-16-41)45-32-24-38(25-33-45)37-22-30-44(31-23-37)51(40-13-4-2-5-14-40)42-26-18-35(19-27-42)10-8-12-39(34-49)47(53)54/h2-33H,(H,53,54)(H,55,56)/b10-8+,11-9+,39-12+,46-17-. The zero-order valence-electron chi connectivity index (χ0n) is 30.0. The summed E-state index contributed by atoms with van der Waals surface area (Å²) in [6.07, 6.45) is 9.20. The molecule has 2 N–H and O–H groups in total. The summed E-state index contributed by atoms with van der Waals surface area (Å²) in [6.45, 7) is 7.01. The lowest BCUT2D eigenvalue weighted by atomic mass is 10.0. The minimum atomic E-state index is -1.26. The van der Waals surface area contributed by atoms with Gasteiger partial charge in [0.05, 0.1) is 6.57 Å². The van der Waals surface area contributed by atoms with Gasteiger partial charge in [-0.15, -0.1) is 0 Å². The van der Waals surface area contributed by atoms with Crippen molar-refractivity contribution >= 4 is 58.2 Å². The smallest absolute Gasteiger partial charge is 0.346 e. The fourth-order valence-electron chi connectivity index (χ4n) is 5.94. The quantitative estimate of drug-likeness (QED) is 0.0527. The Hall–Kier alpha value is -8.20. The molecule has 0 aliphatic rings. The number of carbonyl (C=O) groups is 2. The molecule has 0 saturated heterocycles. The van der Waals surface area contributed by atoms with Gasteiger partial charge >= 0.3 is 11.9 Å². The number of carboxylic acids is 2. The average molecular weight is 731 g/mol. The minimum Gasteiger partial charge on any atom is -0.486 e. The molecule has 0 atom stereocenters. The van der Waals surface area contributed by atoms with Crippen molar-refractivity contribution in [3.63, 3.8) is 0 Å². The lowest BCUT2D eigenvalue weighted by Crippen LogP contribution is -2.10. The molecule has 0 aliphatic carbocycles. The van der Waals surface area contributed by atoms with E-state index >= 15 is 0 Å². The molecule has 6 aromatic rings. The number of hydrogen-bond acceptors (Lipinski definition) is 5. The summed E-state index contributed by atoms with van der Waals surface area (Å²) in [7, 11) is 0. The number of carboxylic acid groups (broad SMARTS) is 2. The molecule has 0 spiro atoms. The summed E-state index contributed by atoms with van der Waals surface area (Å²) in [5.74, 6) is -2.52. The number of allylic oxidation sites excluding steroid dienone is 4. The van der Waals surface area contributed by atoms with Crippen molar-refractivity contribution in [2.75, 3.05) is 9.80 Å². The van der Waals surface area contributed by atoms with E-state index in [0.717, 1.165) is 56.4 Å². The molecule has 8 heteroatoms. The van der Waals surface area contributed by atoms with Crippen LogP contribution in [0.1, 0.15) is 11.1 Å². The van der Waals surface area contributed by atoms with Gasteiger partial charge in [0.15, 0.2) is 0 Å². The first-order valence-electron chi connectivity index (χ1n) is 17.5. The minimum absolute atomic E-state index is 0.331. The van der Waals surface area contributed by atoms with Crippen LogP contribution in [0.2, 0.25) is 0 Å². The number of hydrogen-bond donors (Lipinski definition) is 2. The van der Waals surface area contributed by atoms with E-state index in [1.807, 2.05) is 84.9 Å². The van der Waals surface area contributed by atoms with Crippen molar-refractivity contribution in [1.29, 1.82) is 5.26 Å². The molecular weight excluding hydrogens is 697 g/mol. The van der Waals surface area contributed by atoms with Gasteiger partial charge in [-0.05, 0) is 107 Å². The molecule has 0 unspecified atom stereocenters. The number of nitrogens with zero attached hydrogens (tertiary/aromatic N) is 4. The molecule has 0 aliphatic heterocycles. The second-order valence-corrected chi connectivity index (χ2v) is 12.3. The molecule has 6 rings (SSSR count). The zero-order chi connectivity index (χ0) is 39.3. The number of benzene rings is 6. The number of rotatable bonds is 13. The Morgan fingerprint density at radius 1 is 0.518 bits per heavy atom. The summed E-state index contributed by atoms with van der Waals surface area (Å²) in [5, 5.41) is 27.2. The largest absolute Gasteiger partial charge is 0.486 e. The van der Waals surface area contributed by atoms with Crippen LogP contribution in [0.5, 0.6) is 0 Å². The van der Waals surface area contributed by atoms with Crippen molar-refractivity contribution in [2.45, 2.75) is 0 Å². The number of para-hydroxylation sites is 2. The van der Waals surface area contributed by atoms with Gasteiger partial charge in [0, 0.05) is 34.1 Å². The summed E-state index contributed by atoms with van der Waals surface area (Å²) >= 11 is 0. The van der Waals surface area contributed by atoms with Crippen LogP contribution in [0.25, 0.3) is 28.1 Å². The van der Waals surface area contributed by atoms with Gasteiger partial charge in [-0.1, -0.05) is 109 Å². The van der Waals surface area contributed by atoms with Crippen LogP contribution in [0.4, 0.5) is 34.1 Å². The van der Waals surface area contributed by atoms with Gasteiger partial charge < -0.3 is 20.0 Å². The van der Waals surface area contributed by atoms with Crippen LogP contribution in [0, 0.1) is 17.9 Å². The second kappa shape index (κ2) is 18.0. The monoisotopic (exact) mass is 730 g/mol. The lowest BCUT2D eigenvalue weighted by molar-refractivity contribution is -0.133. The SMILES string of the molecule is [C-]#[N+]/C(=C\C=C\c1ccc(N(c2ccccc2)c2ccc(-c3ccc(N(c4ccccc4)c4ccc(/C=C/C=C(\C#N)C(=O)O)cc4)cc3)cc2)cc1)C(=O)O. The van der Waals surface area contributed by atoms with E-state index in [-0.39, 0.29) is 11.3 Å². The summed E-state index contributed by atoms with van der Waals surface area (Å²) in [4.78, 5) is 29.6. The van der Waals surface area contributed by atoms with Gasteiger partial charge in [-0.3, -0.25) is 4.79 Å². The average Bonchev–Trinajstić information content (AvgIpc) is 3.23. The Morgan fingerprint density at radius 2 is 0.875 bits per heavy atom. The summed E-state index contributed by atoms with van der Waals surface area (Å²) in [6, 6.07) is 54.4. The van der Waals surface area contributed by atoms with Crippen molar-refractivity contribution in [3.05, 3.63) is 216 Å². The Bertz CT molecular complexity index is 2330. The van der Waals surface area contributed by atoms with E-state index < -0.39 is 11.9 Å².